The van der Waals surface area contributed by atoms with Gasteiger partial charge in [-0.3, -0.25) is 4.79 Å². The Morgan fingerprint density at radius 1 is 1.33 bits per heavy atom. The Balaban J connectivity index is 1.98. The second-order valence-electron chi connectivity index (χ2n) is 6.47. The Morgan fingerprint density at radius 2 is 2.04 bits per heavy atom. The molecule has 1 N–H and O–H groups in total. The Bertz CT molecular complexity index is 741. The molecule has 2 aromatic rings. The predicted molar refractivity (Wildman–Crippen MR) is 97.9 cm³/mol. The first-order valence-corrected chi connectivity index (χ1v) is 8.74. The van der Waals surface area contributed by atoms with E-state index in [0.717, 1.165) is 29.8 Å². The molecular formula is C20H25N3O. The summed E-state index contributed by atoms with van der Waals surface area (Å²) in [5, 5.41) is 7.63. The van der Waals surface area contributed by atoms with Crippen LogP contribution in [-0.2, 0) is 4.79 Å². The van der Waals surface area contributed by atoms with Gasteiger partial charge in [0.25, 0.3) is 0 Å². The molecule has 0 aliphatic carbocycles. The highest BCUT2D eigenvalue weighted by Gasteiger charge is 2.30. The summed E-state index contributed by atoms with van der Waals surface area (Å²) in [5.74, 6) is 1.05. The molecule has 1 atom stereocenters. The van der Waals surface area contributed by atoms with Crippen LogP contribution in [0.1, 0.15) is 63.1 Å². The summed E-state index contributed by atoms with van der Waals surface area (Å²) in [4.78, 5) is 12.3. The van der Waals surface area contributed by atoms with Crippen molar-refractivity contribution in [2.45, 2.75) is 52.0 Å². The molecule has 24 heavy (non-hydrogen) atoms. The minimum Gasteiger partial charge on any atom is -0.311 e. The number of hydrogen-bond donors (Lipinski definition) is 1. The summed E-state index contributed by atoms with van der Waals surface area (Å²) in [6.45, 7) is 6.42. The first kappa shape index (κ1) is 16.5. The summed E-state index contributed by atoms with van der Waals surface area (Å²) in [7, 11) is 0. The number of rotatable bonds is 5. The summed E-state index contributed by atoms with van der Waals surface area (Å²) in [5.41, 5.74) is 3.49. The average molecular weight is 323 g/mol. The maximum atomic E-state index is 12.3. The van der Waals surface area contributed by atoms with Gasteiger partial charge in [-0.2, -0.15) is 5.10 Å². The lowest BCUT2D eigenvalue weighted by atomic mass is 9.87. The summed E-state index contributed by atoms with van der Waals surface area (Å²) >= 11 is 0. The smallest absolute Gasteiger partial charge is 0.226 e. The van der Waals surface area contributed by atoms with Crippen molar-refractivity contribution in [3.8, 4) is 0 Å². The SMILES string of the molecule is CCC(CC)n1ncc2c1NC(=O)CC2C(C)=Cc1ccccc1. The van der Waals surface area contributed by atoms with Gasteiger partial charge in [0.1, 0.15) is 5.82 Å². The van der Waals surface area contributed by atoms with Gasteiger partial charge in [0.15, 0.2) is 0 Å². The lowest BCUT2D eigenvalue weighted by Gasteiger charge is -2.26. The lowest BCUT2D eigenvalue weighted by molar-refractivity contribution is -0.116. The number of benzene rings is 1. The standard InChI is InChI=1S/C20H25N3O/c1-4-16(5-2)23-20-18(13-21-23)17(12-19(24)22-20)14(3)11-15-9-7-6-8-10-15/h6-11,13,16-17H,4-5,12H2,1-3H3,(H,22,24). The first-order valence-electron chi connectivity index (χ1n) is 8.74. The molecule has 2 heterocycles. The number of carbonyl (C=O) groups is 1. The van der Waals surface area contributed by atoms with Crippen molar-refractivity contribution < 1.29 is 4.79 Å². The number of anilines is 1. The fourth-order valence-corrected chi connectivity index (χ4v) is 3.47. The predicted octanol–water partition coefficient (Wildman–Crippen LogP) is 4.77. The van der Waals surface area contributed by atoms with E-state index in [2.05, 4.69) is 49.4 Å². The quantitative estimate of drug-likeness (QED) is 0.861. The molecule has 0 saturated heterocycles. The van der Waals surface area contributed by atoms with Gasteiger partial charge in [-0.1, -0.05) is 55.8 Å². The van der Waals surface area contributed by atoms with Crippen molar-refractivity contribution in [3.05, 3.63) is 53.2 Å². The molecule has 1 aliphatic rings. The van der Waals surface area contributed by atoms with E-state index in [0.29, 0.717) is 12.5 Å². The molecule has 3 rings (SSSR count). The molecule has 0 spiro atoms. The second kappa shape index (κ2) is 7.04. The second-order valence-corrected chi connectivity index (χ2v) is 6.47. The molecule has 0 saturated carbocycles. The van der Waals surface area contributed by atoms with Crippen molar-refractivity contribution in [1.82, 2.24) is 9.78 Å². The third kappa shape index (κ3) is 3.14. The third-order valence-electron chi connectivity index (χ3n) is 4.88. The van der Waals surface area contributed by atoms with Gasteiger partial charge in [-0.25, -0.2) is 4.68 Å². The highest BCUT2D eigenvalue weighted by molar-refractivity contribution is 5.94. The molecule has 4 nitrogen and oxygen atoms in total. The summed E-state index contributed by atoms with van der Waals surface area (Å²) < 4.78 is 2.00. The van der Waals surface area contributed by atoms with Crippen LogP contribution >= 0.6 is 0 Å². The van der Waals surface area contributed by atoms with Gasteiger partial charge in [0, 0.05) is 17.9 Å². The lowest BCUT2D eigenvalue weighted by Crippen LogP contribution is -2.25. The highest BCUT2D eigenvalue weighted by atomic mass is 16.1. The van der Waals surface area contributed by atoms with Crippen LogP contribution in [0.5, 0.6) is 0 Å². The topological polar surface area (TPSA) is 46.9 Å². The van der Waals surface area contributed by atoms with E-state index < -0.39 is 0 Å². The van der Waals surface area contributed by atoms with E-state index in [1.807, 2.05) is 29.1 Å². The number of aromatic nitrogens is 2. The monoisotopic (exact) mass is 323 g/mol. The van der Waals surface area contributed by atoms with E-state index in [9.17, 15) is 4.79 Å². The van der Waals surface area contributed by atoms with E-state index in [-0.39, 0.29) is 11.8 Å². The van der Waals surface area contributed by atoms with Crippen molar-refractivity contribution in [2.24, 2.45) is 0 Å². The number of nitrogens with zero attached hydrogens (tertiary/aromatic N) is 2. The number of allylic oxidation sites excluding steroid dienone is 1. The number of nitrogens with one attached hydrogen (secondary N) is 1. The Hall–Kier alpha value is -2.36. The minimum absolute atomic E-state index is 0.0704. The van der Waals surface area contributed by atoms with Gasteiger partial charge in [-0.05, 0) is 25.3 Å². The maximum absolute atomic E-state index is 12.3. The van der Waals surface area contributed by atoms with Gasteiger partial charge in [0.05, 0.1) is 12.2 Å². The van der Waals surface area contributed by atoms with Crippen LogP contribution < -0.4 is 5.32 Å². The third-order valence-corrected chi connectivity index (χ3v) is 4.88. The van der Waals surface area contributed by atoms with Gasteiger partial charge in [-0.15, -0.1) is 0 Å². The van der Waals surface area contributed by atoms with Crippen LogP contribution in [0.25, 0.3) is 6.08 Å². The number of amides is 1. The zero-order valence-electron chi connectivity index (χ0n) is 14.6. The van der Waals surface area contributed by atoms with Crippen molar-refractivity contribution in [2.75, 3.05) is 5.32 Å². The van der Waals surface area contributed by atoms with Crippen molar-refractivity contribution in [3.63, 3.8) is 0 Å². The molecule has 1 aromatic carbocycles. The number of hydrogen-bond acceptors (Lipinski definition) is 2. The van der Waals surface area contributed by atoms with Crippen LogP contribution in [0.4, 0.5) is 5.82 Å². The minimum atomic E-state index is 0.0704. The molecule has 1 unspecified atom stereocenters. The molecule has 1 aliphatic heterocycles. The van der Waals surface area contributed by atoms with E-state index in [1.54, 1.807) is 0 Å². The van der Waals surface area contributed by atoms with Crippen LogP contribution in [0.3, 0.4) is 0 Å². The molecular weight excluding hydrogens is 298 g/mol. The zero-order valence-corrected chi connectivity index (χ0v) is 14.6. The number of carbonyl (C=O) groups excluding carboxylic acids is 1. The van der Waals surface area contributed by atoms with Crippen molar-refractivity contribution in [1.29, 1.82) is 0 Å². The molecule has 0 radical (unpaired) electrons. The van der Waals surface area contributed by atoms with Gasteiger partial charge >= 0.3 is 0 Å². The molecule has 0 fully saturated rings. The van der Waals surface area contributed by atoms with Gasteiger partial charge < -0.3 is 5.32 Å². The van der Waals surface area contributed by atoms with Crippen LogP contribution in [-0.4, -0.2) is 15.7 Å². The molecule has 4 heteroatoms. The first-order chi connectivity index (χ1) is 11.6. The Labute approximate surface area is 143 Å². The molecule has 1 amide bonds. The fraction of sp³-hybridized carbons (Fsp3) is 0.400. The molecule has 0 bridgehead atoms. The van der Waals surface area contributed by atoms with Crippen LogP contribution in [0.2, 0.25) is 0 Å². The zero-order chi connectivity index (χ0) is 17.1. The van der Waals surface area contributed by atoms with E-state index >= 15 is 0 Å². The van der Waals surface area contributed by atoms with Crippen molar-refractivity contribution >= 4 is 17.8 Å². The Kier molecular flexibility index (Phi) is 4.84. The normalized spacial score (nSPS) is 17.8. The largest absolute Gasteiger partial charge is 0.311 e. The fourth-order valence-electron chi connectivity index (χ4n) is 3.47. The molecule has 126 valence electrons. The summed E-state index contributed by atoms with van der Waals surface area (Å²) in [6, 6.07) is 10.6. The van der Waals surface area contributed by atoms with Crippen LogP contribution in [0, 0.1) is 0 Å². The molecule has 1 aromatic heterocycles. The average Bonchev–Trinajstić information content (AvgIpc) is 3.00. The Morgan fingerprint density at radius 3 is 2.71 bits per heavy atom. The van der Waals surface area contributed by atoms with Crippen LogP contribution in [0.15, 0.2) is 42.1 Å². The van der Waals surface area contributed by atoms with Gasteiger partial charge in [0.2, 0.25) is 5.91 Å². The highest BCUT2D eigenvalue weighted by Crippen LogP contribution is 2.39. The maximum Gasteiger partial charge on any atom is 0.226 e. The van der Waals surface area contributed by atoms with E-state index in [1.165, 1.54) is 5.57 Å². The number of fused-ring (bicyclic) bond motifs is 1. The van der Waals surface area contributed by atoms with E-state index in [4.69, 9.17) is 0 Å². The summed E-state index contributed by atoms with van der Waals surface area (Å²) in [6.07, 6.45) is 6.59.